The van der Waals surface area contributed by atoms with Gasteiger partial charge in [0, 0.05) is 10.6 Å². The molecule has 0 radical (unpaired) electrons. The third kappa shape index (κ3) is 3.08. The fraction of sp³-hybridized carbons (Fsp3) is 0.400. The third-order valence-electron chi connectivity index (χ3n) is 7.30. The highest BCUT2D eigenvalue weighted by molar-refractivity contribution is 6.30. The van der Waals surface area contributed by atoms with Crippen LogP contribution in [-0.2, 0) is 5.41 Å². The highest BCUT2D eigenvalue weighted by Crippen LogP contribution is 2.66. The van der Waals surface area contributed by atoms with Gasteiger partial charge >= 0.3 is 0 Å². The van der Waals surface area contributed by atoms with Gasteiger partial charge in [-0.1, -0.05) is 29.8 Å². The number of rotatable bonds is 4. The van der Waals surface area contributed by atoms with Crippen molar-refractivity contribution < 1.29 is 9.90 Å². The van der Waals surface area contributed by atoms with Crippen LogP contribution in [0.5, 0.6) is 5.75 Å². The van der Waals surface area contributed by atoms with Crippen LogP contribution >= 0.6 is 11.6 Å². The highest BCUT2D eigenvalue weighted by Gasteiger charge is 2.57. The third-order valence-corrected chi connectivity index (χ3v) is 7.55. The lowest BCUT2D eigenvalue weighted by molar-refractivity contribution is -0.0455. The Kier molecular flexibility index (Phi) is 4.17. The second-order valence-corrected chi connectivity index (χ2v) is 9.79. The van der Waals surface area contributed by atoms with Gasteiger partial charge in [-0.3, -0.25) is 4.79 Å². The average molecular weight is 393 g/mol. The molecule has 2 aromatic carbocycles. The van der Waals surface area contributed by atoms with Crippen LogP contribution in [0.25, 0.3) is 0 Å². The second-order valence-electron chi connectivity index (χ2n) is 9.36. The molecule has 4 fully saturated rings. The summed E-state index contributed by atoms with van der Waals surface area (Å²) in [5.41, 5.74) is 2.43. The Hall–Kier alpha value is -2.06. The number of benzene rings is 2. The minimum absolute atomic E-state index is 0.0243. The molecule has 0 saturated heterocycles. The average Bonchev–Trinajstić information content (AvgIpc) is 2.66. The fourth-order valence-corrected chi connectivity index (χ4v) is 6.77. The number of carbonyl (C=O) groups excluding carboxylic acids is 1. The summed E-state index contributed by atoms with van der Waals surface area (Å²) in [6.07, 6.45) is 11.4. The minimum atomic E-state index is 0.0243. The van der Waals surface area contributed by atoms with Crippen molar-refractivity contribution in [3.63, 3.8) is 0 Å². The van der Waals surface area contributed by atoms with Gasteiger partial charge in [0.05, 0.1) is 0 Å². The summed E-state index contributed by atoms with van der Waals surface area (Å²) in [5, 5.41) is 10.2. The summed E-state index contributed by atoms with van der Waals surface area (Å²) in [5.74, 6) is 1.72. The van der Waals surface area contributed by atoms with E-state index in [0.29, 0.717) is 5.56 Å². The molecule has 4 aliphatic rings. The summed E-state index contributed by atoms with van der Waals surface area (Å²) in [7, 11) is 0. The molecule has 2 nitrogen and oxygen atoms in total. The van der Waals surface area contributed by atoms with Crippen molar-refractivity contribution >= 4 is 17.4 Å². The Morgan fingerprint density at radius 3 is 2.25 bits per heavy atom. The molecular formula is C25H25ClO2. The monoisotopic (exact) mass is 392 g/mol. The smallest absolute Gasteiger partial charge is 0.185 e. The van der Waals surface area contributed by atoms with Crippen molar-refractivity contribution in [2.45, 2.75) is 43.9 Å². The molecular weight excluding hydrogens is 368 g/mol. The summed E-state index contributed by atoms with van der Waals surface area (Å²) < 4.78 is 0. The predicted octanol–water partition coefficient (Wildman–Crippen LogP) is 6.32. The molecule has 1 N–H and O–H groups in total. The zero-order valence-corrected chi connectivity index (χ0v) is 16.7. The summed E-state index contributed by atoms with van der Waals surface area (Å²) >= 11 is 6.13. The van der Waals surface area contributed by atoms with E-state index in [1.165, 1.54) is 37.7 Å². The summed E-state index contributed by atoms with van der Waals surface area (Å²) in [6, 6.07) is 15.0. The lowest BCUT2D eigenvalue weighted by Gasteiger charge is -2.62. The molecule has 6 rings (SSSR count). The maximum atomic E-state index is 12.7. The summed E-state index contributed by atoms with van der Waals surface area (Å²) in [6.45, 7) is 0. The van der Waals surface area contributed by atoms with E-state index in [-0.39, 0.29) is 22.4 Å². The van der Waals surface area contributed by atoms with Crippen LogP contribution in [0.3, 0.4) is 0 Å². The Morgan fingerprint density at radius 2 is 1.61 bits per heavy atom. The normalized spacial score (nSPS) is 33.5. The van der Waals surface area contributed by atoms with E-state index in [1.54, 1.807) is 30.3 Å². The molecule has 2 unspecified atom stereocenters. The molecule has 0 aliphatic heterocycles. The molecule has 2 aromatic rings. The number of ketones is 1. The first-order chi connectivity index (χ1) is 13.5. The van der Waals surface area contributed by atoms with Gasteiger partial charge in [-0.15, -0.1) is 0 Å². The predicted molar refractivity (Wildman–Crippen MR) is 112 cm³/mol. The van der Waals surface area contributed by atoms with Gasteiger partial charge < -0.3 is 5.11 Å². The lowest BCUT2D eigenvalue weighted by atomic mass is 9.43. The van der Waals surface area contributed by atoms with E-state index in [0.717, 1.165) is 23.3 Å². The van der Waals surface area contributed by atoms with Crippen LogP contribution in [0.15, 0.2) is 60.7 Å². The van der Waals surface area contributed by atoms with Crippen molar-refractivity contribution in [2.24, 2.45) is 17.3 Å². The zero-order valence-electron chi connectivity index (χ0n) is 15.9. The van der Waals surface area contributed by atoms with Crippen molar-refractivity contribution in [2.75, 3.05) is 0 Å². The van der Waals surface area contributed by atoms with E-state index in [1.807, 2.05) is 12.1 Å². The van der Waals surface area contributed by atoms with Gasteiger partial charge in [-0.25, -0.2) is 0 Å². The fourth-order valence-electron chi connectivity index (χ4n) is 6.64. The molecule has 4 bridgehead atoms. The number of allylic oxidation sites excluding steroid dienone is 2. The van der Waals surface area contributed by atoms with Gasteiger partial charge in [-0.05, 0) is 109 Å². The SMILES string of the molecule is O=C(C=CC12CC3CC(C1)CC(c1ccc(Cl)cc1)(C3)C2)c1ccc(O)cc1. The van der Waals surface area contributed by atoms with Gasteiger partial charge in [0.25, 0.3) is 0 Å². The van der Waals surface area contributed by atoms with Gasteiger partial charge in [0.15, 0.2) is 5.78 Å². The molecule has 3 heteroatoms. The van der Waals surface area contributed by atoms with Crippen molar-refractivity contribution in [3.8, 4) is 5.75 Å². The maximum Gasteiger partial charge on any atom is 0.185 e. The topological polar surface area (TPSA) is 37.3 Å². The molecule has 144 valence electrons. The number of aromatic hydroxyl groups is 1. The molecule has 28 heavy (non-hydrogen) atoms. The molecule has 0 amide bonds. The van der Waals surface area contributed by atoms with Crippen molar-refractivity contribution in [3.05, 3.63) is 76.8 Å². The maximum absolute atomic E-state index is 12.7. The van der Waals surface area contributed by atoms with E-state index in [9.17, 15) is 9.90 Å². The first-order valence-electron chi connectivity index (χ1n) is 10.2. The Balaban J connectivity index is 1.44. The number of phenols is 1. The molecule has 4 aliphatic carbocycles. The Bertz CT molecular complexity index is 912. The first-order valence-corrected chi connectivity index (χ1v) is 10.6. The molecule has 0 aromatic heterocycles. The molecule has 0 heterocycles. The minimum Gasteiger partial charge on any atom is -0.508 e. The Labute approximate surface area is 171 Å². The number of carbonyl (C=O) groups is 1. The number of halogens is 1. The van der Waals surface area contributed by atoms with Crippen LogP contribution in [0, 0.1) is 17.3 Å². The number of hydrogen-bond donors (Lipinski definition) is 1. The van der Waals surface area contributed by atoms with E-state index in [2.05, 4.69) is 18.2 Å². The van der Waals surface area contributed by atoms with Crippen molar-refractivity contribution in [1.29, 1.82) is 0 Å². The second kappa shape index (κ2) is 6.49. The number of phenolic OH excluding ortho intramolecular Hbond substituents is 1. The van der Waals surface area contributed by atoms with Crippen LogP contribution in [0.4, 0.5) is 0 Å². The van der Waals surface area contributed by atoms with Gasteiger partial charge in [0.2, 0.25) is 0 Å². The Morgan fingerprint density at radius 1 is 0.964 bits per heavy atom. The van der Waals surface area contributed by atoms with Crippen LogP contribution in [0.1, 0.15) is 54.4 Å². The van der Waals surface area contributed by atoms with E-state index < -0.39 is 0 Å². The van der Waals surface area contributed by atoms with Crippen LogP contribution in [0.2, 0.25) is 5.02 Å². The molecule has 2 atom stereocenters. The van der Waals surface area contributed by atoms with Gasteiger partial charge in [-0.2, -0.15) is 0 Å². The standard InChI is InChI=1S/C25H25ClO2/c26-21-5-3-20(4-6-21)25-14-17-11-18(15-25)13-24(12-17,16-25)10-9-23(28)19-1-7-22(27)8-2-19/h1-10,17-18,27H,11-16H2. The summed E-state index contributed by atoms with van der Waals surface area (Å²) in [4.78, 5) is 12.7. The van der Waals surface area contributed by atoms with Crippen LogP contribution < -0.4 is 0 Å². The quantitative estimate of drug-likeness (QED) is 0.488. The van der Waals surface area contributed by atoms with Gasteiger partial charge in [0.1, 0.15) is 5.75 Å². The lowest BCUT2D eigenvalue weighted by Crippen LogP contribution is -2.53. The first kappa shape index (κ1) is 18.0. The van der Waals surface area contributed by atoms with E-state index in [4.69, 9.17) is 11.6 Å². The van der Waals surface area contributed by atoms with Crippen molar-refractivity contribution in [1.82, 2.24) is 0 Å². The molecule has 0 spiro atoms. The van der Waals surface area contributed by atoms with Crippen LogP contribution in [-0.4, -0.2) is 10.9 Å². The zero-order chi connectivity index (χ0) is 19.4. The van der Waals surface area contributed by atoms with E-state index >= 15 is 0 Å². The number of hydrogen-bond acceptors (Lipinski definition) is 2. The molecule has 4 saturated carbocycles. The largest absolute Gasteiger partial charge is 0.508 e. The highest BCUT2D eigenvalue weighted by atomic mass is 35.5.